The van der Waals surface area contributed by atoms with E-state index in [1.165, 1.54) is 7.05 Å². The molecule has 76 valence electrons. The second-order valence-corrected chi connectivity index (χ2v) is 2.60. The molecule has 0 fully saturated rings. The molecule has 0 aromatic heterocycles. The van der Waals surface area contributed by atoms with E-state index in [1.807, 2.05) is 0 Å². The lowest BCUT2D eigenvalue weighted by Crippen LogP contribution is -2.18. The molecule has 0 aliphatic heterocycles. The Morgan fingerprint density at radius 3 is 2.43 bits per heavy atom. The minimum Gasteiger partial charge on any atom is -0.445 e. The lowest BCUT2D eigenvalue weighted by atomic mass is 10.2. The summed E-state index contributed by atoms with van der Waals surface area (Å²) in [6.07, 6.45) is -0.644. The SMILES string of the molecule is CNC(=O)OCc1cc(F)cc(F)c1. The number of hydrogen-bond acceptors (Lipinski definition) is 2. The Kier molecular flexibility index (Phi) is 3.39. The fraction of sp³-hybridized carbons (Fsp3) is 0.222. The monoisotopic (exact) mass is 201 g/mol. The molecule has 0 aliphatic carbocycles. The molecule has 1 amide bonds. The van der Waals surface area contributed by atoms with E-state index < -0.39 is 17.7 Å². The van der Waals surface area contributed by atoms with Crippen LogP contribution in [-0.2, 0) is 11.3 Å². The van der Waals surface area contributed by atoms with Crippen molar-refractivity contribution in [2.75, 3.05) is 7.05 Å². The molecule has 1 aromatic carbocycles. The smallest absolute Gasteiger partial charge is 0.407 e. The number of amides is 1. The van der Waals surface area contributed by atoms with Gasteiger partial charge in [0.15, 0.2) is 0 Å². The maximum Gasteiger partial charge on any atom is 0.407 e. The highest BCUT2D eigenvalue weighted by Crippen LogP contribution is 2.08. The molecule has 0 saturated carbocycles. The summed E-state index contributed by atoms with van der Waals surface area (Å²) in [4.78, 5) is 10.6. The van der Waals surface area contributed by atoms with Gasteiger partial charge >= 0.3 is 6.09 Å². The van der Waals surface area contributed by atoms with Crippen LogP contribution in [0.25, 0.3) is 0 Å². The van der Waals surface area contributed by atoms with E-state index in [0.717, 1.165) is 18.2 Å². The second-order valence-electron chi connectivity index (χ2n) is 2.60. The average molecular weight is 201 g/mol. The summed E-state index contributed by atoms with van der Waals surface area (Å²) in [5.74, 6) is -1.39. The van der Waals surface area contributed by atoms with Crippen LogP contribution in [-0.4, -0.2) is 13.1 Å². The van der Waals surface area contributed by atoms with Crippen molar-refractivity contribution in [1.82, 2.24) is 5.32 Å². The molecule has 3 nitrogen and oxygen atoms in total. The van der Waals surface area contributed by atoms with Crippen molar-refractivity contribution >= 4 is 6.09 Å². The molecule has 0 bridgehead atoms. The van der Waals surface area contributed by atoms with Gasteiger partial charge in [-0.3, -0.25) is 0 Å². The van der Waals surface area contributed by atoms with Crippen LogP contribution < -0.4 is 5.32 Å². The first-order valence-corrected chi connectivity index (χ1v) is 3.91. The lowest BCUT2D eigenvalue weighted by molar-refractivity contribution is 0.141. The first-order chi connectivity index (χ1) is 6.61. The topological polar surface area (TPSA) is 38.3 Å². The first-order valence-electron chi connectivity index (χ1n) is 3.91. The summed E-state index contributed by atoms with van der Waals surface area (Å²) in [5, 5.41) is 2.22. The minimum atomic E-state index is -0.694. The van der Waals surface area contributed by atoms with Crippen LogP contribution in [0.1, 0.15) is 5.56 Å². The van der Waals surface area contributed by atoms with Gasteiger partial charge in [-0.2, -0.15) is 0 Å². The molecule has 1 aromatic rings. The Morgan fingerprint density at radius 2 is 1.93 bits per heavy atom. The molecule has 14 heavy (non-hydrogen) atoms. The van der Waals surface area contributed by atoms with E-state index in [9.17, 15) is 13.6 Å². The Labute approximate surface area is 79.7 Å². The first kappa shape index (κ1) is 10.4. The van der Waals surface area contributed by atoms with E-state index >= 15 is 0 Å². The maximum atomic E-state index is 12.6. The fourth-order valence-corrected chi connectivity index (χ4v) is 0.915. The number of hydrogen-bond donors (Lipinski definition) is 1. The highest BCUT2D eigenvalue weighted by Gasteiger charge is 2.03. The molecule has 1 rings (SSSR count). The summed E-state index contributed by atoms with van der Waals surface area (Å²) in [7, 11) is 1.40. The average Bonchev–Trinajstić information content (AvgIpc) is 2.12. The molecule has 0 aliphatic rings. The number of rotatable bonds is 2. The van der Waals surface area contributed by atoms with Crippen molar-refractivity contribution in [1.29, 1.82) is 0 Å². The van der Waals surface area contributed by atoms with Gasteiger partial charge in [0.25, 0.3) is 0 Å². The molecule has 0 atom stereocenters. The highest BCUT2D eigenvalue weighted by atomic mass is 19.1. The van der Waals surface area contributed by atoms with Crippen molar-refractivity contribution in [2.45, 2.75) is 6.61 Å². The second kappa shape index (κ2) is 4.55. The van der Waals surface area contributed by atoms with Crippen LogP contribution in [0.4, 0.5) is 13.6 Å². The molecular formula is C9H9F2NO2. The van der Waals surface area contributed by atoms with Crippen LogP contribution in [0.3, 0.4) is 0 Å². The number of nitrogens with one attached hydrogen (secondary N) is 1. The largest absolute Gasteiger partial charge is 0.445 e. The van der Waals surface area contributed by atoms with Crippen molar-refractivity contribution in [3.8, 4) is 0 Å². The molecular weight excluding hydrogens is 192 g/mol. The van der Waals surface area contributed by atoms with Crippen LogP contribution in [0.15, 0.2) is 18.2 Å². The molecule has 0 unspecified atom stereocenters. The number of halogens is 2. The van der Waals surface area contributed by atoms with Crippen molar-refractivity contribution in [2.24, 2.45) is 0 Å². The minimum absolute atomic E-state index is 0.158. The van der Waals surface area contributed by atoms with Crippen LogP contribution in [0.5, 0.6) is 0 Å². The number of carbonyl (C=O) groups is 1. The summed E-state index contributed by atoms with van der Waals surface area (Å²) in [5.41, 5.74) is 0.270. The summed E-state index contributed by atoms with van der Waals surface area (Å²) in [6, 6.07) is 2.96. The molecule has 0 radical (unpaired) electrons. The fourth-order valence-electron chi connectivity index (χ4n) is 0.915. The number of ether oxygens (including phenoxy) is 1. The Balaban J connectivity index is 2.63. The lowest BCUT2D eigenvalue weighted by Gasteiger charge is -2.03. The van der Waals surface area contributed by atoms with Crippen LogP contribution >= 0.6 is 0 Å². The zero-order valence-electron chi connectivity index (χ0n) is 7.51. The van der Waals surface area contributed by atoms with E-state index in [4.69, 9.17) is 0 Å². The number of carbonyl (C=O) groups excluding carboxylic acids is 1. The third-order valence-corrected chi connectivity index (χ3v) is 1.50. The zero-order chi connectivity index (χ0) is 10.6. The van der Waals surface area contributed by atoms with Gasteiger partial charge in [0.05, 0.1) is 0 Å². The van der Waals surface area contributed by atoms with Crippen molar-refractivity contribution in [3.63, 3.8) is 0 Å². The van der Waals surface area contributed by atoms with Gasteiger partial charge in [-0.1, -0.05) is 0 Å². The van der Waals surface area contributed by atoms with Crippen LogP contribution in [0, 0.1) is 11.6 Å². The quantitative estimate of drug-likeness (QED) is 0.792. The molecule has 1 N–H and O–H groups in total. The molecule has 0 saturated heterocycles. The summed E-state index contributed by atoms with van der Waals surface area (Å²) in [6.45, 7) is -0.158. The predicted molar refractivity (Wildman–Crippen MR) is 45.6 cm³/mol. The van der Waals surface area contributed by atoms with Crippen molar-refractivity contribution < 1.29 is 18.3 Å². The van der Waals surface area contributed by atoms with Gasteiger partial charge in [-0.15, -0.1) is 0 Å². The molecule has 0 heterocycles. The summed E-state index contributed by atoms with van der Waals surface area (Å²) >= 11 is 0. The van der Waals surface area contributed by atoms with Gasteiger partial charge in [0.2, 0.25) is 0 Å². The van der Waals surface area contributed by atoms with Gasteiger partial charge in [0.1, 0.15) is 18.2 Å². The zero-order valence-corrected chi connectivity index (χ0v) is 7.51. The number of benzene rings is 1. The van der Waals surface area contributed by atoms with E-state index in [-0.39, 0.29) is 12.2 Å². The normalized spacial score (nSPS) is 9.64. The Bertz CT molecular complexity index is 321. The van der Waals surface area contributed by atoms with Crippen LogP contribution in [0.2, 0.25) is 0 Å². The molecule has 5 heteroatoms. The van der Waals surface area contributed by atoms with Gasteiger partial charge < -0.3 is 10.1 Å². The highest BCUT2D eigenvalue weighted by molar-refractivity contribution is 5.66. The Morgan fingerprint density at radius 1 is 1.36 bits per heavy atom. The maximum absolute atomic E-state index is 12.6. The van der Waals surface area contributed by atoms with Gasteiger partial charge in [-0.05, 0) is 17.7 Å². The third-order valence-electron chi connectivity index (χ3n) is 1.50. The van der Waals surface area contributed by atoms with Gasteiger partial charge in [0, 0.05) is 13.1 Å². The summed E-state index contributed by atoms with van der Waals surface area (Å²) < 4.78 is 29.9. The number of alkyl carbamates (subject to hydrolysis) is 1. The van der Waals surface area contributed by atoms with E-state index in [1.54, 1.807) is 0 Å². The van der Waals surface area contributed by atoms with E-state index in [2.05, 4.69) is 10.1 Å². The molecule has 0 spiro atoms. The third kappa shape index (κ3) is 3.01. The van der Waals surface area contributed by atoms with Gasteiger partial charge in [-0.25, -0.2) is 13.6 Å². The van der Waals surface area contributed by atoms with E-state index in [0.29, 0.717) is 0 Å². The standard InChI is InChI=1S/C9H9F2NO2/c1-12-9(13)14-5-6-2-7(10)4-8(11)3-6/h2-4H,5H2,1H3,(H,12,13). The van der Waals surface area contributed by atoms with Crippen molar-refractivity contribution in [3.05, 3.63) is 35.4 Å². The predicted octanol–water partition coefficient (Wildman–Crippen LogP) is 1.82. The Hall–Kier alpha value is -1.65.